The number of likely N-dealkylation sites (N-methyl/N-ethyl adjacent to an activating group) is 1. The van der Waals surface area contributed by atoms with Crippen molar-refractivity contribution in [2.24, 2.45) is 23.5 Å². The monoisotopic (exact) mass is 226 g/mol. The SMILES string of the molecule is CCN(CCO)C(=O)C1C2CCC(C2)C1N. The molecule has 0 heterocycles. The van der Waals surface area contributed by atoms with Crippen LogP contribution in [-0.4, -0.2) is 41.7 Å². The topological polar surface area (TPSA) is 66.6 Å². The summed E-state index contributed by atoms with van der Waals surface area (Å²) in [4.78, 5) is 14.0. The molecule has 0 saturated heterocycles. The fourth-order valence-electron chi connectivity index (χ4n) is 3.46. The summed E-state index contributed by atoms with van der Waals surface area (Å²) in [7, 11) is 0. The molecule has 0 radical (unpaired) electrons. The fraction of sp³-hybridized carbons (Fsp3) is 0.917. The summed E-state index contributed by atoms with van der Waals surface area (Å²) in [5.74, 6) is 1.24. The lowest BCUT2D eigenvalue weighted by Gasteiger charge is -2.31. The number of carbonyl (C=O) groups is 1. The molecule has 3 N–H and O–H groups in total. The summed E-state index contributed by atoms with van der Waals surface area (Å²) in [6.45, 7) is 3.10. The molecule has 2 bridgehead atoms. The van der Waals surface area contributed by atoms with E-state index in [9.17, 15) is 4.79 Å². The van der Waals surface area contributed by atoms with Crippen LogP contribution in [0.15, 0.2) is 0 Å². The van der Waals surface area contributed by atoms with Crippen LogP contribution in [0.25, 0.3) is 0 Å². The highest BCUT2D eigenvalue weighted by atomic mass is 16.3. The number of nitrogens with zero attached hydrogens (tertiary/aromatic N) is 1. The molecule has 4 atom stereocenters. The molecular formula is C12H22N2O2. The Morgan fingerprint density at radius 3 is 2.62 bits per heavy atom. The van der Waals surface area contributed by atoms with E-state index in [-0.39, 0.29) is 24.5 Å². The second kappa shape index (κ2) is 4.72. The van der Waals surface area contributed by atoms with Gasteiger partial charge in [-0.3, -0.25) is 4.79 Å². The molecule has 0 spiro atoms. The van der Waals surface area contributed by atoms with Crippen LogP contribution in [-0.2, 0) is 4.79 Å². The molecule has 2 aliphatic carbocycles. The summed E-state index contributed by atoms with van der Waals surface area (Å²) in [5.41, 5.74) is 6.14. The van der Waals surface area contributed by atoms with E-state index in [1.165, 1.54) is 6.42 Å². The van der Waals surface area contributed by atoms with E-state index in [0.29, 0.717) is 24.9 Å². The molecule has 2 aliphatic rings. The Kier molecular flexibility index (Phi) is 3.50. The average Bonchev–Trinajstić information content (AvgIpc) is 2.85. The molecule has 4 unspecified atom stereocenters. The Bertz CT molecular complexity index is 268. The van der Waals surface area contributed by atoms with Crippen LogP contribution in [0.3, 0.4) is 0 Å². The summed E-state index contributed by atoms with van der Waals surface area (Å²) < 4.78 is 0. The zero-order valence-electron chi connectivity index (χ0n) is 9.93. The lowest BCUT2D eigenvalue weighted by atomic mass is 9.84. The van der Waals surface area contributed by atoms with Gasteiger partial charge in [-0.05, 0) is 38.0 Å². The van der Waals surface area contributed by atoms with Crippen LogP contribution in [0, 0.1) is 17.8 Å². The minimum Gasteiger partial charge on any atom is -0.395 e. The van der Waals surface area contributed by atoms with Crippen LogP contribution in [0.2, 0.25) is 0 Å². The highest BCUT2D eigenvalue weighted by Gasteiger charge is 2.49. The zero-order chi connectivity index (χ0) is 11.7. The van der Waals surface area contributed by atoms with Crippen molar-refractivity contribution in [1.82, 2.24) is 4.90 Å². The molecular weight excluding hydrogens is 204 g/mol. The minimum absolute atomic E-state index is 0.0187. The first-order valence-corrected chi connectivity index (χ1v) is 6.34. The number of rotatable bonds is 4. The Hall–Kier alpha value is -0.610. The summed E-state index contributed by atoms with van der Waals surface area (Å²) in [5, 5.41) is 8.93. The Morgan fingerprint density at radius 1 is 1.44 bits per heavy atom. The van der Waals surface area contributed by atoms with Crippen molar-refractivity contribution < 1.29 is 9.90 Å². The van der Waals surface area contributed by atoms with Crippen LogP contribution in [0.4, 0.5) is 0 Å². The second-order valence-electron chi connectivity index (χ2n) is 5.08. The van der Waals surface area contributed by atoms with Crippen molar-refractivity contribution in [3.63, 3.8) is 0 Å². The number of hydrogen-bond donors (Lipinski definition) is 2. The van der Waals surface area contributed by atoms with E-state index < -0.39 is 0 Å². The lowest BCUT2D eigenvalue weighted by Crippen LogP contribution is -2.47. The van der Waals surface area contributed by atoms with E-state index in [0.717, 1.165) is 12.8 Å². The minimum atomic E-state index is 0.0187. The largest absolute Gasteiger partial charge is 0.395 e. The van der Waals surface area contributed by atoms with Gasteiger partial charge in [0, 0.05) is 19.1 Å². The number of amides is 1. The van der Waals surface area contributed by atoms with Crippen LogP contribution in [0.5, 0.6) is 0 Å². The van der Waals surface area contributed by atoms with Gasteiger partial charge in [-0.2, -0.15) is 0 Å². The highest BCUT2D eigenvalue weighted by Crippen LogP contribution is 2.48. The molecule has 2 fully saturated rings. The van der Waals surface area contributed by atoms with Gasteiger partial charge in [-0.15, -0.1) is 0 Å². The maximum atomic E-state index is 12.3. The fourth-order valence-corrected chi connectivity index (χ4v) is 3.46. The van der Waals surface area contributed by atoms with Crippen molar-refractivity contribution >= 4 is 5.91 Å². The van der Waals surface area contributed by atoms with Gasteiger partial charge in [0.25, 0.3) is 0 Å². The molecule has 2 saturated carbocycles. The van der Waals surface area contributed by atoms with Gasteiger partial charge in [-0.25, -0.2) is 0 Å². The molecule has 0 aromatic rings. The molecule has 0 aliphatic heterocycles. The van der Waals surface area contributed by atoms with Crippen molar-refractivity contribution in [2.45, 2.75) is 32.2 Å². The van der Waals surface area contributed by atoms with E-state index in [1.807, 2.05) is 6.92 Å². The number of carbonyl (C=O) groups excluding carboxylic acids is 1. The van der Waals surface area contributed by atoms with Crippen molar-refractivity contribution in [2.75, 3.05) is 19.7 Å². The third kappa shape index (κ3) is 1.84. The van der Waals surface area contributed by atoms with Crippen LogP contribution >= 0.6 is 0 Å². The molecule has 92 valence electrons. The first-order chi connectivity index (χ1) is 7.69. The van der Waals surface area contributed by atoms with Gasteiger partial charge in [0.15, 0.2) is 0 Å². The Morgan fingerprint density at radius 2 is 2.12 bits per heavy atom. The predicted octanol–water partition coefficient (Wildman–Crippen LogP) is 0.201. The molecule has 16 heavy (non-hydrogen) atoms. The van der Waals surface area contributed by atoms with Crippen molar-refractivity contribution in [3.8, 4) is 0 Å². The van der Waals surface area contributed by atoms with Gasteiger partial charge >= 0.3 is 0 Å². The number of hydrogen-bond acceptors (Lipinski definition) is 3. The summed E-state index contributed by atoms with van der Waals surface area (Å²) in [6, 6.07) is 0.0546. The molecule has 4 heteroatoms. The molecule has 0 aromatic heterocycles. The van der Waals surface area contributed by atoms with E-state index in [4.69, 9.17) is 10.8 Å². The highest BCUT2D eigenvalue weighted by molar-refractivity contribution is 5.80. The zero-order valence-corrected chi connectivity index (χ0v) is 9.93. The maximum absolute atomic E-state index is 12.3. The molecule has 1 amide bonds. The number of aliphatic hydroxyl groups is 1. The van der Waals surface area contributed by atoms with Crippen molar-refractivity contribution in [1.29, 1.82) is 0 Å². The normalized spacial score (nSPS) is 36.7. The van der Waals surface area contributed by atoms with Crippen LogP contribution < -0.4 is 5.73 Å². The van der Waals surface area contributed by atoms with Gasteiger partial charge in [0.2, 0.25) is 5.91 Å². The maximum Gasteiger partial charge on any atom is 0.227 e. The van der Waals surface area contributed by atoms with Gasteiger partial charge in [-0.1, -0.05) is 0 Å². The molecule has 4 nitrogen and oxygen atoms in total. The molecule has 0 aromatic carbocycles. The summed E-state index contributed by atoms with van der Waals surface area (Å²) in [6.07, 6.45) is 3.49. The first-order valence-electron chi connectivity index (χ1n) is 6.34. The smallest absolute Gasteiger partial charge is 0.227 e. The first kappa shape index (κ1) is 11.9. The third-order valence-electron chi connectivity index (χ3n) is 4.33. The van der Waals surface area contributed by atoms with E-state index in [2.05, 4.69) is 0 Å². The molecule has 2 rings (SSSR count). The Balaban J connectivity index is 2.03. The average molecular weight is 226 g/mol. The third-order valence-corrected chi connectivity index (χ3v) is 4.33. The Labute approximate surface area is 96.8 Å². The predicted molar refractivity (Wildman–Crippen MR) is 61.6 cm³/mol. The van der Waals surface area contributed by atoms with Gasteiger partial charge in [0.1, 0.15) is 0 Å². The standard InChI is InChI=1S/C12H22N2O2/c1-2-14(5-6-15)12(16)10-8-3-4-9(7-8)11(10)13/h8-11,15H,2-7,13H2,1H3. The van der Waals surface area contributed by atoms with E-state index >= 15 is 0 Å². The number of fused-ring (bicyclic) bond motifs is 2. The van der Waals surface area contributed by atoms with Crippen molar-refractivity contribution in [3.05, 3.63) is 0 Å². The number of nitrogens with two attached hydrogens (primary N) is 1. The van der Waals surface area contributed by atoms with Crippen LogP contribution in [0.1, 0.15) is 26.2 Å². The quantitative estimate of drug-likeness (QED) is 0.719. The number of aliphatic hydroxyl groups excluding tert-OH is 1. The lowest BCUT2D eigenvalue weighted by molar-refractivity contribution is -0.138. The summed E-state index contributed by atoms with van der Waals surface area (Å²) >= 11 is 0. The second-order valence-corrected chi connectivity index (χ2v) is 5.08. The van der Waals surface area contributed by atoms with Gasteiger partial charge < -0.3 is 15.7 Å². The van der Waals surface area contributed by atoms with E-state index in [1.54, 1.807) is 4.90 Å². The van der Waals surface area contributed by atoms with Gasteiger partial charge in [0.05, 0.1) is 12.5 Å².